The van der Waals surface area contributed by atoms with E-state index in [9.17, 15) is 9.59 Å². The van der Waals surface area contributed by atoms with Crippen molar-refractivity contribution in [1.82, 2.24) is 0 Å². The van der Waals surface area contributed by atoms with Crippen LogP contribution in [0.3, 0.4) is 0 Å². The summed E-state index contributed by atoms with van der Waals surface area (Å²) >= 11 is 0. The summed E-state index contributed by atoms with van der Waals surface area (Å²) in [6.07, 6.45) is 6.34. The van der Waals surface area contributed by atoms with E-state index in [0.717, 1.165) is 32.1 Å². The van der Waals surface area contributed by atoms with E-state index in [4.69, 9.17) is 9.47 Å². The first-order valence-corrected chi connectivity index (χ1v) is 9.23. The maximum atomic E-state index is 12.2. The van der Waals surface area contributed by atoms with Gasteiger partial charge in [-0.15, -0.1) is 0 Å². The Morgan fingerprint density at radius 1 is 0.913 bits per heavy atom. The van der Waals surface area contributed by atoms with Crippen molar-refractivity contribution in [3.63, 3.8) is 0 Å². The molecule has 0 spiro atoms. The number of ether oxygens (including phenoxy) is 2. The van der Waals surface area contributed by atoms with Crippen molar-refractivity contribution in [2.24, 2.45) is 23.7 Å². The van der Waals surface area contributed by atoms with Gasteiger partial charge in [-0.25, -0.2) is 0 Å². The highest BCUT2D eigenvalue weighted by molar-refractivity contribution is 5.76. The first-order chi connectivity index (χ1) is 10.9. The molecule has 4 heteroatoms. The number of esters is 2. The lowest BCUT2D eigenvalue weighted by atomic mass is 9.81. The molecule has 0 amide bonds. The van der Waals surface area contributed by atoms with Gasteiger partial charge in [-0.3, -0.25) is 9.59 Å². The molecule has 2 atom stereocenters. The molecule has 0 aliphatic heterocycles. The van der Waals surface area contributed by atoms with Gasteiger partial charge >= 0.3 is 11.9 Å². The summed E-state index contributed by atoms with van der Waals surface area (Å²) in [7, 11) is 0. The third-order valence-corrected chi connectivity index (χ3v) is 4.32. The highest BCUT2D eigenvalue weighted by atomic mass is 16.5. The normalized spacial score (nSPS) is 21.5. The number of carbonyl (C=O) groups is 2. The van der Waals surface area contributed by atoms with E-state index in [-0.39, 0.29) is 23.8 Å². The molecule has 1 aliphatic carbocycles. The minimum atomic E-state index is -0.145. The topological polar surface area (TPSA) is 52.6 Å². The molecule has 0 aromatic rings. The predicted molar refractivity (Wildman–Crippen MR) is 90.9 cm³/mol. The van der Waals surface area contributed by atoms with Crippen LogP contribution in [0.5, 0.6) is 0 Å². The fourth-order valence-corrected chi connectivity index (χ4v) is 2.93. The second-order valence-corrected chi connectivity index (χ2v) is 7.64. The number of hydrogen-bond acceptors (Lipinski definition) is 4. The van der Waals surface area contributed by atoms with Crippen LogP contribution in [0.15, 0.2) is 0 Å². The van der Waals surface area contributed by atoms with Crippen LogP contribution in [0, 0.1) is 23.7 Å². The van der Waals surface area contributed by atoms with Crippen molar-refractivity contribution in [2.45, 2.75) is 72.6 Å². The maximum absolute atomic E-state index is 12.2. The minimum Gasteiger partial charge on any atom is -0.465 e. The van der Waals surface area contributed by atoms with E-state index >= 15 is 0 Å². The fraction of sp³-hybridized carbons (Fsp3) is 0.895. The monoisotopic (exact) mass is 326 g/mol. The van der Waals surface area contributed by atoms with Gasteiger partial charge in [0.1, 0.15) is 0 Å². The Morgan fingerprint density at radius 3 is 2.09 bits per heavy atom. The molecule has 134 valence electrons. The van der Waals surface area contributed by atoms with Crippen LogP contribution < -0.4 is 0 Å². The molecule has 23 heavy (non-hydrogen) atoms. The molecule has 1 aliphatic rings. The lowest BCUT2D eigenvalue weighted by Gasteiger charge is -2.26. The molecule has 1 rings (SSSR count). The van der Waals surface area contributed by atoms with E-state index in [1.54, 1.807) is 0 Å². The summed E-state index contributed by atoms with van der Waals surface area (Å²) in [6, 6.07) is 0. The van der Waals surface area contributed by atoms with Gasteiger partial charge in [0.05, 0.1) is 25.0 Å². The zero-order valence-electron chi connectivity index (χ0n) is 15.3. The van der Waals surface area contributed by atoms with Gasteiger partial charge in [0, 0.05) is 0 Å². The van der Waals surface area contributed by atoms with Crippen LogP contribution >= 0.6 is 0 Å². The summed E-state index contributed by atoms with van der Waals surface area (Å²) in [5, 5.41) is 0. The largest absolute Gasteiger partial charge is 0.465 e. The lowest BCUT2D eigenvalue weighted by molar-refractivity contribution is -0.155. The fourth-order valence-electron chi connectivity index (χ4n) is 2.93. The van der Waals surface area contributed by atoms with Gasteiger partial charge in [0.15, 0.2) is 0 Å². The Bertz CT molecular complexity index is 362. The molecular weight excluding hydrogens is 292 g/mol. The third kappa shape index (κ3) is 8.38. The summed E-state index contributed by atoms with van der Waals surface area (Å²) < 4.78 is 10.7. The predicted octanol–water partition coefficient (Wildman–Crippen LogP) is 4.36. The molecule has 0 saturated heterocycles. The second kappa shape index (κ2) is 10.7. The third-order valence-electron chi connectivity index (χ3n) is 4.32. The summed E-state index contributed by atoms with van der Waals surface area (Å²) in [6.45, 7) is 9.41. The van der Waals surface area contributed by atoms with Crippen LogP contribution in [-0.4, -0.2) is 25.2 Å². The quantitative estimate of drug-likeness (QED) is 0.466. The van der Waals surface area contributed by atoms with Crippen molar-refractivity contribution in [3.8, 4) is 0 Å². The Morgan fingerprint density at radius 2 is 1.52 bits per heavy atom. The molecule has 0 radical (unpaired) electrons. The highest BCUT2D eigenvalue weighted by Gasteiger charge is 2.32. The van der Waals surface area contributed by atoms with E-state index in [2.05, 4.69) is 13.8 Å². The molecule has 0 aromatic carbocycles. The summed E-state index contributed by atoms with van der Waals surface area (Å²) in [4.78, 5) is 24.2. The molecule has 1 saturated carbocycles. The van der Waals surface area contributed by atoms with Crippen molar-refractivity contribution in [1.29, 1.82) is 0 Å². The van der Waals surface area contributed by atoms with Gasteiger partial charge in [-0.2, -0.15) is 0 Å². The van der Waals surface area contributed by atoms with E-state index in [0.29, 0.717) is 31.5 Å². The molecule has 1 fully saturated rings. The average Bonchev–Trinajstić information content (AvgIpc) is 2.51. The number of hydrogen-bond donors (Lipinski definition) is 0. The van der Waals surface area contributed by atoms with Gasteiger partial charge < -0.3 is 9.47 Å². The molecule has 0 aromatic heterocycles. The van der Waals surface area contributed by atoms with Crippen molar-refractivity contribution in [3.05, 3.63) is 0 Å². The standard InChI is InChI=1S/C19H34O4/c1-14(2)8-5-6-11-22-18(20)16-9-7-10-17(12-16)19(21)23-13-15(3)4/h14-17H,5-13H2,1-4H3. The van der Waals surface area contributed by atoms with Crippen molar-refractivity contribution >= 4 is 11.9 Å². The minimum absolute atomic E-state index is 0.129. The number of carbonyl (C=O) groups excluding carboxylic acids is 2. The van der Waals surface area contributed by atoms with Crippen molar-refractivity contribution in [2.75, 3.05) is 13.2 Å². The number of rotatable bonds is 9. The smallest absolute Gasteiger partial charge is 0.308 e. The molecule has 4 nitrogen and oxygen atoms in total. The van der Waals surface area contributed by atoms with Crippen LogP contribution in [0.2, 0.25) is 0 Å². The number of unbranched alkanes of at least 4 members (excludes halogenated alkanes) is 1. The van der Waals surface area contributed by atoms with Gasteiger partial charge in [0.2, 0.25) is 0 Å². The van der Waals surface area contributed by atoms with Crippen molar-refractivity contribution < 1.29 is 19.1 Å². The first-order valence-electron chi connectivity index (χ1n) is 9.23. The summed E-state index contributed by atoms with van der Waals surface area (Å²) in [5.74, 6) is 0.492. The van der Waals surface area contributed by atoms with E-state index in [1.807, 2.05) is 13.8 Å². The van der Waals surface area contributed by atoms with E-state index < -0.39 is 0 Å². The zero-order valence-corrected chi connectivity index (χ0v) is 15.3. The zero-order chi connectivity index (χ0) is 17.2. The second-order valence-electron chi connectivity index (χ2n) is 7.64. The maximum Gasteiger partial charge on any atom is 0.308 e. The Labute approximate surface area is 141 Å². The van der Waals surface area contributed by atoms with Gasteiger partial charge in [0.25, 0.3) is 0 Å². The lowest BCUT2D eigenvalue weighted by Crippen LogP contribution is -2.30. The summed E-state index contributed by atoms with van der Waals surface area (Å²) in [5.41, 5.74) is 0. The van der Waals surface area contributed by atoms with Gasteiger partial charge in [-0.05, 0) is 43.9 Å². The SMILES string of the molecule is CC(C)CCCCOC(=O)C1CCCC(C(=O)OCC(C)C)C1. The van der Waals surface area contributed by atoms with Gasteiger partial charge in [-0.1, -0.05) is 40.5 Å². The molecule has 0 bridgehead atoms. The average molecular weight is 326 g/mol. The molecule has 2 unspecified atom stereocenters. The van der Waals surface area contributed by atoms with E-state index in [1.165, 1.54) is 6.42 Å². The Hall–Kier alpha value is -1.06. The molecular formula is C19H34O4. The Balaban J connectivity index is 2.27. The van der Waals surface area contributed by atoms with Crippen LogP contribution in [0.25, 0.3) is 0 Å². The highest BCUT2D eigenvalue weighted by Crippen LogP contribution is 2.31. The molecule has 0 N–H and O–H groups in total. The van der Waals surface area contributed by atoms with Crippen LogP contribution in [-0.2, 0) is 19.1 Å². The molecule has 0 heterocycles. The Kier molecular flexibility index (Phi) is 9.27. The van der Waals surface area contributed by atoms with Crippen LogP contribution in [0.1, 0.15) is 72.6 Å². The first kappa shape index (κ1) is 20.0. The van der Waals surface area contributed by atoms with Crippen LogP contribution in [0.4, 0.5) is 0 Å².